The molecule has 0 aliphatic carbocycles. The third-order valence-corrected chi connectivity index (χ3v) is 8.22. The van der Waals surface area contributed by atoms with E-state index in [4.69, 9.17) is 19.2 Å². The number of esters is 1. The second-order valence-electron chi connectivity index (χ2n) is 9.70. The van der Waals surface area contributed by atoms with E-state index in [9.17, 15) is 9.59 Å². The molecule has 2 aromatic carbocycles. The van der Waals surface area contributed by atoms with Gasteiger partial charge in [-0.2, -0.15) is 0 Å². The van der Waals surface area contributed by atoms with Crippen molar-refractivity contribution in [1.82, 2.24) is 4.57 Å². The van der Waals surface area contributed by atoms with Gasteiger partial charge in [0.2, 0.25) is 0 Å². The van der Waals surface area contributed by atoms with E-state index in [0.717, 1.165) is 22.0 Å². The lowest BCUT2D eigenvalue weighted by Crippen LogP contribution is -2.40. The van der Waals surface area contributed by atoms with Crippen molar-refractivity contribution in [2.75, 3.05) is 20.3 Å². The summed E-state index contributed by atoms with van der Waals surface area (Å²) in [4.78, 5) is 32.8. The number of fused-ring (bicyclic) bond motifs is 1. The summed E-state index contributed by atoms with van der Waals surface area (Å²) < 4.78 is 19.6. The third-order valence-electron chi connectivity index (χ3n) is 6.64. The lowest BCUT2D eigenvalue weighted by Gasteiger charge is -2.26. The summed E-state index contributed by atoms with van der Waals surface area (Å²) in [6, 6.07) is 11.2. The minimum atomic E-state index is -0.637. The van der Waals surface area contributed by atoms with Gasteiger partial charge >= 0.3 is 5.97 Å². The van der Waals surface area contributed by atoms with Gasteiger partial charge in [0.05, 0.1) is 46.6 Å². The van der Waals surface area contributed by atoms with E-state index >= 15 is 0 Å². The first-order valence-corrected chi connectivity index (χ1v) is 15.2. The molecular weight excluding hydrogens is 592 g/mol. The highest BCUT2D eigenvalue weighted by molar-refractivity contribution is 9.10. The molecule has 40 heavy (non-hydrogen) atoms. The van der Waals surface area contributed by atoms with Gasteiger partial charge in [-0.25, -0.2) is 9.79 Å². The lowest BCUT2D eigenvalue weighted by molar-refractivity contribution is -0.139. The van der Waals surface area contributed by atoms with Crippen LogP contribution in [0, 0.1) is 0 Å². The summed E-state index contributed by atoms with van der Waals surface area (Å²) in [6.45, 7) is 10.7. The first-order valence-electron chi connectivity index (χ1n) is 13.6. The van der Waals surface area contributed by atoms with Gasteiger partial charge < -0.3 is 14.2 Å². The van der Waals surface area contributed by atoms with Crippen molar-refractivity contribution in [2.45, 2.75) is 59.4 Å². The standard InChI is InChI=1S/C31H35BrN2O5S/c1-7-10-23-26(30(36)39-9-3)27(21-13-11-20(12-14-21)18(4)5)34-29(35)25(40-31(34)33-23)17-19-15-22(32)28(37-6)24(16-19)38-8-2/h11-18,27H,7-10H2,1-6H3/b25-17-/t27-/m0/s1. The molecule has 4 rings (SSSR count). The first-order chi connectivity index (χ1) is 19.2. The quantitative estimate of drug-likeness (QED) is 0.263. The van der Waals surface area contributed by atoms with Crippen molar-refractivity contribution in [1.29, 1.82) is 0 Å². The minimum Gasteiger partial charge on any atom is -0.492 e. The molecule has 0 N–H and O–H groups in total. The molecule has 0 bridgehead atoms. The Morgan fingerprint density at radius 3 is 2.48 bits per heavy atom. The highest BCUT2D eigenvalue weighted by Crippen LogP contribution is 2.37. The summed E-state index contributed by atoms with van der Waals surface area (Å²) in [5.74, 6) is 1.09. The molecule has 1 aromatic heterocycles. The van der Waals surface area contributed by atoms with Crippen LogP contribution in [0.3, 0.4) is 0 Å². The van der Waals surface area contributed by atoms with E-state index in [1.165, 1.54) is 16.9 Å². The Kier molecular flexibility index (Phi) is 9.68. The molecule has 0 amide bonds. The number of aromatic nitrogens is 1. The largest absolute Gasteiger partial charge is 0.492 e. The molecular formula is C31H35BrN2O5S. The number of hydrogen-bond acceptors (Lipinski definition) is 7. The number of methoxy groups -OCH3 is 1. The molecule has 1 aliphatic heterocycles. The molecule has 3 aromatic rings. The second-order valence-corrected chi connectivity index (χ2v) is 11.6. The van der Waals surface area contributed by atoms with Crippen molar-refractivity contribution in [3.05, 3.63) is 88.5 Å². The van der Waals surface area contributed by atoms with Gasteiger partial charge in [0.15, 0.2) is 16.3 Å². The number of thiazole rings is 1. The highest BCUT2D eigenvalue weighted by Gasteiger charge is 2.34. The number of allylic oxidation sites excluding steroid dienone is 1. The number of rotatable bonds is 10. The Morgan fingerprint density at radius 1 is 1.15 bits per heavy atom. The fourth-order valence-electron chi connectivity index (χ4n) is 4.78. The number of ether oxygens (including phenoxy) is 3. The summed E-state index contributed by atoms with van der Waals surface area (Å²) in [7, 11) is 1.59. The van der Waals surface area contributed by atoms with E-state index in [1.54, 1.807) is 18.6 Å². The molecule has 0 unspecified atom stereocenters. The van der Waals surface area contributed by atoms with Crippen molar-refractivity contribution < 1.29 is 19.0 Å². The Morgan fingerprint density at radius 2 is 1.88 bits per heavy atom. The van der Waals surface area contributed by atoms with Crippen LogP contribution in [0.15, 0.2) is 61.9 Å². The molecule has 0 fully saturated rings. The normalized spacial score (nSPS) is 15.2. The number of benzene rings is 2. The van der Waals surface area contributed by atoms with E-state index in [1.807, 2.05) is 44.2 Å². The molecule has 1 atom stereocenters. The number of hydrogen-bond donors (Lipinski definition) is 0. The van der Waals surface area contributed by atoms with Crippen LogP contribution >= 0.6 is 27.3 Å². The molecule has 212 valence electrons. The highest BCUT2D eigenvalue weighted by atomic mass is 79.9. The van der Waals surface area contributed by atoms with Crippen LogP contribution < -0.4 is 24.4 Å². The first kappa shape index (κ1) is 29.8. The van der Waals surface area contributed by atoms with Gasteiger partial charge in [0.1, 0.15) is 0 Å². The van der Waals surface area contributed by atoms with Gasteiger partial charge in [-0.3, -0.25) is 9.36 Å². The summed E-state index contributed by atoms with van der Waals surface area (Å²) in [5, 5.41) is 0. The fraction of sp³-hybridized carbons (Fsp3) is 0.387. The molecule has 0 saturated carbocycles. The minimum absolute atomic E-state index is 0.219. The summed E-state index contributed by atoms with van der Waals surface area (Å²) in [5.41, 5.74) is 3.67. The zero-order valence-electron chi connectivity index (χ0n) is 23.7. The van der Waals surface area contributed by atoms with Gasteiger partial charge in [-0.05, 0) is 77.0 Å². The van der Waals surface area contributed by atoms with Crippen LogP contribution in [0.1, 0.15) is 76.1 Å². The monoisotopic (exact) mass is 626 g/mol. The smallest absolute Gasteiger partial charge is 0.338 e. The van der Waals surface area contributed by atoms with Crippen LogP contribution in [-0.2, 0) is 9.53 Å². The molecule has 0 spiro atoms. The Bertz CT molecular complexity index is 1600. The van der Waals surface area contributed by atoms with Crippen molar-refractivity contribution in [3.8, 4) is 11.5 Å². The summed E-state index contributed by atoms with van der Waals surface area (Å²) in [6.07, 6.45) is 3.22. The molecule has 9 heteroatoms. The van der Waals surface area contributed by atoms with Crippen molar-refractivity contribution in [3.63, 3.8) is 0 Å². The number of nitrogens with zero attached hydrogens (tertiary/aromatic N) is 2. The molecule has 0 radical (unpaired) electrons. The Hall–Kier alpha value is -3.17. The van der Waals surface area contributed by atoms with Gasteiger partial charge in [-0.15, -0.1) is 0 Å². The average Bonchev–Trinajstić information content (AvgIpc) is 3.22. The maximum atomic E-state index is 14.0. The van der Waals surface area contributed by atoms with E-state index in [-0.39, 0.29) is 12.2 Å². The lowest BCUT2D eigenvalue weighted by atomic mass is 9.92. The maximum absolute atomic E-state index is 14.0. The van der Waals surface area contributed by atoms with Crippen LogP contribution in [0.25, 0.3) is 6.08 Å². The predicted octanol–water partition coefficient (Wildman–Crippen LogP) is 5.87. The van der Waals surface area contributed by atoms with Crippen LogP contribution in [0.2, 0.25) is 0 Å². The van der Waals surface area contributed by atoms with Gasteiger partial charge in [0.25, 0.3) is 5.56 Å². The van der Waals surface area contributed by atoms with Crippen molar-refractivity contribution in [2.24, 2.45) is 4.99 Å². The molecule has 1 aliphatic rings. The number of carbonyl (C=O) groups is 1. The van der Waals surface area contributed by atoms with E-state index in [0.29, 0.717) is 51.0 Å². The number of halogens is 1. The van der Waals surface area contributed by atoms with Crippen LogP contribution in [0.5, 0.6) is 11.5 Å². The van der Waals surface area contributed by atoms with Crippen molar-refractivity contribution >= 4 is 39.3 Å². The SMILES string of the molecule is CCCC1=C(C(=O)OCC)[C@H](c2ccc(C(C)C)cc2)n2c(s/c(=C\c3cc(Br)c(OC)c(OCC)c3)c2=O)=N1. The Labute approximate surface area is 246 Å². The molecule has 2 heterocycles. The number of carbonyl (C=O) groups excluding carboxylic acids is 1. The maximum Gasteiger partial charge on any atom is 0.338 e. The summed E-state index contributed by atoms with van der Waals surface area (Å²) >= 11 is 4.86. The van der Waals surface area contributed by atoms with E-state index < -0.39 is 12.0 Å². The zero-order chi connectivity index (χ0) is 29.0. The molecule has 7 nitrogen and oxygen atoms in total. The predicted molar refractivity (Wildman–Crippen MR) is 162 cm³/mol. The zero-order valence-corrected chi connectivity index (χ0v) is 26.1. The van der Waals surface area contributed by atoms with Gasteiger partial charge in [-0.1, -0.05) is 62.8 Å². The second kappa shape index (κ2) is 13.0. The van der Waals surface area contributed by atoms with Gasteiger partial charge in [0, 0.05) is 0 Å². The fourth-order valence-corrected chi connectivity index (χ4v) is 6.42. The third kappa shape index (κ3) is 5.95. The van der Waals surface area contributed by atoms with E-state index in [2.05, 4.69) is 41.9 Å². The van der Waals surface area contributed by atoms with Crippen LogP contribution in [-0.4, -0.2) is 30.9 Å². The topological polar surface area (TPSA) is 79.1 Å². The molecule has 0 saturated heterocycles. The average molecular weight is 628 g/mol. The van der Waals surface area contributed by atoms with Crippen LogP contribution in [0.4, 0.5) is 0 Å². The Balaban J connectivity index is 1.96.